The van der Waals surface area contributed by atoms with E-state index < -0.39 is 0 Å². The highest BCUT2D eigenvalue weighted by atomic mass is 16.5. The van der Waals surface area contributed by atoms with Gasteiger partial charge in [-0.15, -0.1) is 0 Å². The van der Waals surface area contributed by atoms with Crippen LogP contribution in [0.5, 0.6) is 5.75 Å². The zero-order valence-corrected chi connectivity index (χ0v) is 14.7. The van der Waals surface area contributed by atoms with Crippen molar-refractivity contribution < 1.29 is 9.53 Å². The smallest absolute Gasteiger partial charge is 0.258 e. The molecule has 0 fully saturated rings. The van der Waals surface area contributed by atoms with Crippen LogP contribution in [0.1, 0.15) is 21.7 Å². The van der Waals surface area contributed by atoms with Gasteiger partial charge in [0.25, 0.3) is 5.91 Å². The highest BCUT2D eigenvalue weighted by Crippen LogP contribution is 2.37. The maximum Gasteiger partial charge on any atom is 0.258 e. The lowest BCUT2D eigenvalue weighted by Gasteiger charge is -2.12. The Labute approximate surface area is 146 Å². The van der Waals surface area contributed by atoms with Crippen LogP contribution in [0.4, 0.5) is 5.82 Å². The van der Waals surface area contributed by atoms with Crippen molar-refractivity contribution in [2.75, 3.05) is 12.4 Å². The quantitative estimate of drug-likeness (QED) is 0.793. The number of anilines is 1. The molecule has 0 bridgehead atoms. The normalized spacial score (nSPS) is 10.6. The van der Waals surface area contributed by atoms with Gasteiger partial charge in [0, 0.05) is 24.5 Å². The molecule has 3 aromatic rings. The van der Waals surface area contributed by atoms with Crippen LogP contribution in [0.25, 0.3) is 11.1 Å². The number of rotatable bonds is 4. The number of nitrogens with zero attached hydrogens (tertiary/aromatic N) is 3. The lowest BCUT2D eigenvalue weighted by molar-refractivity contribution is 0.102. The van der Waals surface area contributed by atoms with Crippen molar-refractivity contribution >= 4 is 11.7 Å². The largest absolute Gasteiger partial charge is 0.496 e. The highest BCUT2D eigenvalue weighted by molar-refractivity contribution is 6.06. The van der Waals surface area contributed by atoms with E-state index in [0.717, 1.165) is 22.6 Å². The van der Waals surface area contributed by atoms with Gasteiger partial charge >= 0.3 is 0 Å². The van der Waals surface area contributed by atoms with E-state index in [2.05, 4.69) is 15.4 Å². The van der Waals surface area contributed by atoms with E-state index in [9.17, 15) is 4.79 Å². The Bertz CT molecular complexity index is 931. The standard InChI is InChI=1S/C19H20N4O2/c1-12-14(9-7-11-20-12)19(24)21-18-17(13(2)22-23(18)3)15-8-5-6-10-16(15)25-4/h5-11H,1-4H3,(H,21,24). The van der Waals surface area contributed by atoms with Gasteiger partial charge in [-0.2, -0.15) is 5.10 Å². The number of pyridine rings is 1. The van der Waals surface area contributed by atoms with E-state index in [1.165, 1.54) is 0 Å². The second-order valence-corrected chi connectivity index (χ2v) is 5.72. The lowest BCUT2D eigenvalue weighted by Crippen LogP contribution is -2.16. The molecule has 1 N–H and O–H groups in total. The minimum absolute atomic E-state index is 0.218. The Kier molecular flexibility index (Phi) is 4.52. The molecule has 0 saturated heterocycles. The average molecular weight is 336 g/mol. The SMILES string of the molecule is COc1ccccc1-c1c(C)nn(C)c1NC(=O)c1cccnc1C. The molecule has 0 radical (unpaired) electrons. The first-order chi connectivity index (χ1) is 12.0. The first-order valence-corrected chi connectivity index (χ1v) is 7.93. The molecule has 128 valence electrons. The van der Waals surface area contributed by atoms with Crippen molar-refractivity contribution in [2.24, 2.45) is 7.05 Å². The minimum atomic E-state index is -0.218. The van der Waals surface area contributed by atoms with Gasteiger partial charge < -0.3 is 10.1 Å². The van der Waals surface area contributed by atoms with E-state index in [0.29, 0.717) is 17.1 Å². The van der Waals surface area contributed by atoms with Crippen molar-refractivity contribution in [3.8, 4) is 16.9 Å². The summed E-state index contributed by atoms with van der Waals surface area (Å²) in [5.41, 5.74) is 3.75. The van der Waals surface area contributed by atoms with Gasteiger partial charge in [-0.1, -0.05) is 18.2 Å². The molecule has 6 nitrogen and oxygen atoms in total. The van der Waals surface area contributed by atoms with Crippen LogP contribution in [0.2, 0.25) is 0 Å². The molecule has 0 atom stereocenters. The molecule has 0 aliphatic carbocycles. The molecule has 6 heteroatoms. The summed E-state index contributed by atoms with van der Waals surface area (Å²) in [6.45, 7) is 3.72. The maximum atomic E-state index is 12.7. The molecular formula is C19H20N4O2. The summed E-state index contributed by atoms with van der Waals surface area (Å²) in [5.74, 6) is 1.13. The zero-order chi connectivity index (χ0) is 18.0. The van der Waals surface area contributed by atoms with Crippen LogP contribution in [0.3, 0.4) is 0 Å². The van der Waals surface area contributed by atoms with Crippen molar-refractivity contribution in [2.45, 2.75) is 13.8 Å². The summed E-state index contributed by atoms with van der Waals surface area (Å²) in [7, 11) is 3.43. The van der Waals surface area contributed by atoms with Crippen molar-refractivity contribution in [3.05, 3.63) is 59.5 Å². The average Bonchev–Trinajstić information content (AvgIpc) is 2.88. The molecule has 3 rings (SSSR count). The van der Waals surface area contributed by atoms with Crippen molar-refractivity contribution in [1.82, 2.24) is 14.8 Å². The fourth-order valence-corrected chi connectivity index (χ4v) is 2.87. The Morgan fingerprint density at radius 3 is 2.60 bits per heavy atom. The zero-order valence-electron chi connectivity index (χ0n) is 14.7. The van der Waals surface area contributed by atoms with E-state index in [4.69, 9.17) is 4.74 Å². The molecule has 0 aliphatic rings. The van der Waals surface area contributed by atoms with E-state index in [1.54, 1.807) is 37.2 Å². The molecule has 0 saturated carbocycles. The molecule has 0 spiro atoms. The number of hydrogen-bond donors (Lipinski definition) is 1. The third-order valence-corrected chi connectivity index (χ3v) is 4.08. The first-order valence-electron chi connectivity index (χ1n) is 7.93. The molecule has 0 aliphatic heterocycles. The number of aromatic nitrogens is 3. The fourth-order valence-electron chi connectivity index (χ4n) is 2.87. The number of nitrogens with one attached hydrogen (secondary N) is 1. The minimum Gasteiger partial charge on any atom is -0.496 e. The number of aryl methyl sites for hydroxylation is 3. The van der Waals surface area contributed by atoms with E-state index in [1.807, 2.05) is 38.1 Å². The molecule has 25 heavy (non-hydrogen) atoms. The number of carbonyl (C=O) groups excluding carboxylic acids is 1. The van der Waals surface area contributed by atoms with Crippen LogP contribution in [0, 0.1) is 13.8 Å². The number of benzene rings is 1. The van der Waals surface area contributed by atoms with E-state index in [-0.39, 0.29) is 5.91 Å². The summed E-state index contributed by atoms with van der Waals surface area (Å²) in [5, 5.41) is 7.44. The second-order valence-electron chi connectivity index (χ2n) is 5.72. The molecule has 1 aromatic carbocycles. The summed E-state index contributed by atoms with van der Waals surface area (Å²) < 4.78 is 7.14. The van der Waals surface area contributed by atoms with Crippen molar-refractivity contribution in [1.29, 1.82) is 0 Å². The monoisotopic (exact) mass is 336 g/mol. The topological polar surface area (TPSA) is 69.0 Å². The Morgan fingerprint density at radius 2 is 1.88 bits per heavy atom. The van der Waals surface area contributed by atoms with E-state index >= 15 is 0 Å². The predicted molar refractivity (Wildman–Crippen MR) is 96.9 cm³/mol. The molecule has 2 aromatic heterocycles. The maximum absolute atomic E-state index is 12.7. The summed E-state index contributed by atoms with van der Waals surface area (Å²) >= 11 is 0. The van der Waals surface area contributed by atoms with Gasteiger partial charge in [0.1, 0.15) is 11.6 Å². The van der Waals surface area contributed by atoms with Gasteiger partial charge in [0.05, 0.1) is 23.9 Å². The molecule has 0 unspecified atom stereocenters. The van der Waals surface area contributed by atoms with Gasteiger partial charge in [0.15, 0.2) is 0 Å². The number of para-hydroxylation sites is 1. The Balaban J connectivity index is 2.06. The summed E-state index contributed by atoms with van der Waals surface area (Å²) in [6.07, 6.45) is 1.67. The third kappa shape index (κ3) is 3.10. The first kappa shape index (κ1) is 16.7. The number of carbonyl (C=O) groups is 1. The predicted octanol–water partition coefficient (Wildman–Crippen LogP) is 3.36. The number of methoxy groups -OCH3 is 1. The molecule has 1 amide bonds. The molecular weight excluding hydrogens is 316 g/mol. The van der Waals surface area contributed by atoms with Gasteiger partial charge in [0.2, 0.25) is 0 Å². The van der Waals surface area contributed by atoms with Crippen LogP contribution in [-0.2, 0) is 7.05 Å². The lowest BCUT2D eigenvalue weighted by atomic mass is 10.0. The van der Waals surface area contributed by atoms with Gasteiger partial charge in [-0.3, -0.25) is 14.5 Å². The summed E-state index contributed by atoms with van der Waals surface area (Å²) in [4.78, 5) is 16.9. The molecule has 2 heterocycles. The van der Waals surface area contributed by atoms with Crippen LogP contribution >= 0.6 is 0 Å². The van der Waals surface area contributed by atoms with Crippen LogP contribution in [0.15, 0.2) is 42.6 Å². The van der Waals surface area contributed by atoms with Gasteiger partial charge in [-0.25, -0.2) is 0 Å². The van der Waals surface area contributed by atoms with Crippen LogP contribution in [-0.4, -0.2) is 27.8 Å². The second kappa shape index (κ2) is 6.76. The van der Waals surface area contributed by atoms with Crippen molar-refractivity contribution in [3.63, 3.8) is 0 Å². The summed E-state index contributed by atoms with van der Waals surface area (Å²) in [6, 6.07) is 11.2. The number of amides is 1. The Morgan fingerprint density at radius 1 is 1.12 bits per heavy atom. The van der Waals surface area contributed by atoms with Crippen LogP contribution < -0.4 is 10.1 Å². The third-order valence-electron chi connectivity index (χ3n) is 4.08. The number of ether oxygens (including phenoxy) is 1. The van der Waals surface area contributed by atoms with Gasteiger partial charge in [-0.05, 0) is 32.0 Å². The Hall–Kier alpha value is -3.15. The highest BCUT2D eigenvalue weighted by Gasteiger charge is 2.21. The fraction of sp³-hybridized carbons (Fsp3) is 0.211. The number of hydrogen-bond acceptors (Lipinski definition) is 4.